The number of nitrogens with zero attached hydrogens (tertiary/aromatic N) is 1. The number of hydrogen-bond acceptors (Lipinski definition) is 4. The van der Waals surface area contributed by atoms with Crippen molar-refractivity contribution in [3.8, 4) is 11.5 Å². The first-order chi connectivity index (χ1) is 17.1. The summed E-state index contributed by atoms with van der Waals surface area (Å²) in [7, 11) is 1.58. The predicted molar refractivity (Wildman–Crippen MR) is 137 cm³/mol. The fraction of sp³-hybridized carbons (Fsp3) is 0.310. The van der Waals surface area contributed by atoms with Crippen LogP contribution in [0.3, 0.4) is 0 Å². The van der Waals surface area contributed by atoms with Crippen molar-refractivity contribution >= 4 is 11.8 Å². The smallest absolute Gasteiger partial charge is 0.261 e. The normalized spacial score (nSPS) is 11.9. The summed E-state index contributed by atoms with van der Waals surface area (Å²) >= 11 is 0. The highest BCUT2D eigenvalue weighted by Crippen LogP contribution is 2.20. The van der Waals surface area contributed by atoms with Crippen molar-refractivity contribution in [1.82, 2.24) is 10.2 Å². The molecule has 1 N–H and O–H groups in total. The van der Waals surface area contributed by atoms with Gasteiger partial charge in [-0.1, -0.05) is 42.5 Å². The molecule has 190 valence electrons. The molecule has 0 fully saturated rings. The summed E-state index contributed by atoms with van der Waals surface area (Å²) in [5, 5.41) is 3.02. The number of hydrogen-bond donors (Lipinski definition) is 1. The van der Waals surface area contributed by atoms with Crippen LogP contribution in [-0.4, -0.2) is 42.0 Å². The van der Waals surface area contributed by atoms with Gasteiger partial charge in [-0.2, -0.15) is 0 Å². The number of amides is 2. The fourth-order valence-electron chi connectivity index (χ4n) is 3.73. The monoisotopic (exact) mass is 492 g/mol. The zero-order valence-corrected chi connectivity index (χ0v) is 21.2. The van der Waals surface area contributed by atoms with Gasteiger partial charge in [0.1, 0.15) is 23.4 Å². The van der Waals surface area contributed by atoms with Gasteiger partial charge in [0.2, 0.25) is 5.91 Å². The molecule has 0 aliphatic carbocycles. The summed E-state index contributed by atoms with van der Waals surface area (Å²) in [5.41, 5.74) is 1.25. The van der Waals surface area contributed by atoms with E-state index in [2.05, 4.69) is 5.32 Å². The van der Waals surface area contributed by atoms with Gasteiger partial charge in [-0.3, -0.25) is 9.59 Å². The van der Waals surface area contributed by atoms with Crippen molar-refractivity contribution in [2.24, 2.45) is 0 Å². The van der Waals surface area contributed by atoms with E-state index in [4.69, 9.17) is 9.47 Å². The molecule has 6 nitrogen and oxygen atoms in total. The standard InChI is InChI=1S/C29H33FN2O4/c1-29(2,3)31-28(34)26(18-21-9-6-5-7-10-21)32(19-22-11-8-12-25(17-22)35-4)27(33)20-36-24-15-13-23(30)14-16-24/h5-17,26H,18-20H2,1-4H3,(H,31,34)/t26-/m1/s1. The molecule has 0 spiro atoms. The Balaban J connectivity index is 1.93. The third-order valence-corrected chi connectivity index (χ3v) is 5.43. The van der Waals surface area contributed by atoms with Crippen LogP contribution in [0.4, 0.5) is 4.39 Å². The van der Waals surface area contributed by atoms with Crippen LogP contribution in [0.1, 0.15) is 31.9 Å². The molecule has 0 saturated heterocycles. The van der Waals surface area contributed by atoms with E-state index in [1.165, 1.54) is 29.2 Å². The zero-order valence-electron chi connectivity index (χ0n) is 21.2. The molecule has 0 bridgehead atoms. The summed E-state index contributed by atoms with van der Waals surface area (Å²) in [6.07, 6.45) is 0.328. The van der Waals surface area contributed by atoms with E-state index in [1.807, 2.05) is 75.4 Å². The molecular weight excluding hydrogens is 459 g/mol. The van der Waals surface area contributed by atoms with E-state index in [1.54, 1.807) is 7.11 Å². The lowest BCUT2D eigenvalue weighted by molar-refractivity contribution is -0.143. The Morgan fingerprint density at radius 2 is 1.58 bits per heavy atom. The Hall–Kier alpha value is -3.87. The highest BCUT2D eigenvalue weighted by molar-refractivity contribution is 5.89. The molecule has 7 heteroatoms. The minimum Gasteiger partial charge on any atom is -0.497 e. The molecule has 0 aliphatic heterocycles. The van der Waals surface area contributed by atoms with Crippen LogP contribution in [-0.2, 0) is 22.6 Å². The van der Waals surface area contributed by atoms with Gasteiger partial charge >= 0.3 is 0 Å². The first-order valence-electron chi connectivity index (χ1n) is 11.8. The van der Waals surface area contributed by atoms with E-state index in [0.717, 1.165) is 11.1 Å². The lowest BCUT2D eigenvalue weighted by atomic mass is 10.0. The quantitative estimate of drug-likeness (QED) is 0.443. The van der Waals surface area contributed by atoms with Gasteiger partial charge in [-0.25, -0.2) is 4.39 Å². The van der Waals surface area contributed by atoms with Crippen LogP contribution in [0.25, 0.3) is 0 Å². The van der Waals surface area contributed by atoms with Crippen molar-refractivity contribution in [2.75, 3.05) is 13.7 Å². The van der Waals surface area contributed by atoms with Crippen LogP contribution >= 0.6 is 0 Å². The summed E-state index contributed by atoms with van der Waals surface area (Å²) in [5.74, 6) is -0.00216. The fourth-order valence-corrected chi connectivity index (χ4v) is 3.73. The number of carbonyl (C=O) groups excluding carboxylic acids is 2. The summed E-state index contributed by atoms with van der Waals surface area (Å²) in [4.78, 5) is 28.6. The van der Waals surface area contributed by atoms with Gasteiger partial charge < -0.3 is 19.7 Å². The summed E-state index contributed by atoms with van der Waals surface area (Å²) in [6.45, 7) is 5.57. The van der Waals surface area contributed by atoms with Crippen LogP contribution in [0, 0.1) is 5.82 Å². The van der Waals surface area contributed by atoms with Crippen molar-refractivity contribution in [3.63, 3.8) is 0 Å². The van der Waals surface area contributed by atoms with Crippen LogP contribution in [0.15, 0.2) is 78.9 Å². The molecule has 3 aromatic rings. The molecular formula is C29H33FN2O4. The van der Waals surface area contributed by atoms with E-state index in [0.29, 0.717) is 17.9 Å². The van der Waals surface area contributed by atoms with Crippen molar-refractivity contribution in [2.45, 2.75) is 45.3 Å². The Morgan fingerprint density at radius 3 is 2.22 bits per heavy atom. The molecule has 0 unspecified atom stereocenters. The molecule has 0 heterocycles. The average molecular weight is 493 g/mol. The van der Waals surface area contributed by atoms with Crippen LogP contribution < -0.4 is 14.8 Å². The molecule has 1 atom stereocenters. The molecule has 0 saturated carbocycles. The number of ether oxygens (including phenoxy) is 2. The third-order valence-electron chi connectivity index (χ3n) is 5.43. The minimum absolute atomic E-state index is 0.178. The van der Waals surface area contributed by atoms with E-state index in [-0.39, 0.29) is 25.0 Å². The second kappa shape index (κ2) is 12.2. The Bertz CT molecular complexity index is 1140. The van der Waals surface area contributed by atoms with E-state index >= 15 is 0 Å². The maximum absolute atomic E-state index is 13.6. The lowest BCUT2D eigenvalue weighted by Gasteiger charge is -2.33. The highest BCUT2D eigenvalue weighted by atomic mass is 19.1. The lowest BCUT2D eigenvalue weighted by Crippen LogP contribution is -2.55. The molecule has 0 aromatic heterocycles. The van der Waals surface area contributed by atoms with Gasteiger partial charge in [-0.15, -0.1) is 0 Å². The SMILES string of the molecule is COc1cccc(CN(C(=O)COc2ccc(F)cc2)[C@H](Cc2ccccc2)C(=O)NC(C)(C)C)c1. The molecule has 3 aromatic carbocycles. The van der Waals surface area contributed by atoms with Crippen molar-refractivity contribution in [3.05, 3.63) is 95.8 Å². The second-order valence-corrected chi connectivity index (χ2v) is 9.56. The average Bonchev–Trinajstić information content (AvgIpc) is 2.85. The maximum Gasteiger partial charge on any atom is 0.261 e. The van der Waals surface area contributed by atoms with E-state index < -0.39 is 17.4 Å². The molecule has 2 amide bonds. The molecule has 36 heavy (non-hydrogen) atoms. The van der Waals surface area contributed by atoms with E-state index in [9.17, 15) is 14.0 Å². The third kappa shape index (κ3) is 8.12. The predicted octanol–water partition coefficient (Wildman–Crippen LogP) is 4.77. The van der Waals surface area contributed by atoms with Gasteiger partial charge in [-0.05, 0) is 68.3 Å². The van der Waals surface area contributed by atoms with Crippen molar-refractivity contribution < 1.29 is 23.5 Å². The summed E-state index contributed by atoms with van der Waals surface area (Å²) in [6, 6.07) is 21.6. The number of rotatable bonds is 10. The number of halogens is 1. The maximum atomic E-state index is 13.6. The Labute approximate surface area is 212 Å². The largest absolute Gasteiger partial charge is 0.497 e. The molecule has 0 aliphatic rings. The highest BCUT2D eigenvalue weighted by Gasteiger charge is 2.32. The Kier molecular flexibility index (Phi) is 9.06. The van der Waals surface area contributed by atoms with Gasteiger partial charge in [0.15, 0.2) is 6.61 Å². The molecule has 3 rings (SSSR count). The minimum atomic E-state index is -0.790. The number of carbonyl (C=O) groups is 2. The van der Waals surface area contributed by atoms with Crippen LogP contribution in [0.2, 0.25) is 0 Å². The van der Waals surface area contributed by atoms with Gasteiger partial charge in [0.05, 0.1) is 7.11 Å². The topological polar surface area (TPSA) is 67.9 Å². The number of nitrogens with one attached hydrogen (secondary N) is 1. The first-order valence-corrected chi connectivity index (χ1v) is 11.8. The molecule has 0 radical (unpaired) electrons. The van der Waals surface area contributed by atoms with Gasteiger partial charge in [0, 0.05) is 18.5 Å². The van der Waals surface area contributed by atoms with Crippen molar-refractivity contribution in [1.29, 1.82) is 0 Å². The Morgan fingerprint density at radius 1 is 0.917 bits per heavy atom. The van der Waals surface area contributed by atoms with Gasteiger partial charge in [0.25, 0.3) is 5.91 Å². The summed E-state index contributed by atoms with van der Waals surface area (Å²) < 4.78 is 24.3. The zero-order chi connectivity index (χ0) is 26.1. The number of methoxy groups -OCH3 is 1. The first kappa shape index (κ1) is 26.7. The van der Waals surface area contributed by atoms with Crippen LogP contribution in [0.5, 0.6) is 11.5 Å². The number of benzene rings is 3. The second-order valence-electron chi connectivity index (χ2n) is 9.56.